The lowest BCUT2D eigenvalue weighted by Crippen LogP contribution is -2.19. The molecule has 1 heterocycles. The van der Waals surface area contributed by atoms with Crippen molar-refractivity contribution in [1.29, 1.82) is 0 Å². The molecule has 0 spiro atoms. The summed E-state index contributed by atoms with van der Waals surface area (Å²) in [4.78, 5) is 12.1. The van der Waals surface area contributed by atoms with Crippen LogP contribution in [0.5, 0.6) is 0 Å². The zero-order chi connectivity index (χ0) is 20.4. The van der Waals surface area contributed by atoms with Gasteiger partial charge in [-0.25, -0.2) is 8.78 Å². The van der Waals surface area contributed by atoms with Gasteiger partial charge in [0.2, 0.25) is 5.91 Å². The minimum absolute atomic E-state index is 0.332. The van der Waals surface area contributed by atoms with E-state index in [1.54, 1.807) is 12.1 Å². The van der Waals surface area contributed by atoms with Crippen molar-refractivity contribution in [2.45, 2.75) is 10.3 Å². The summed E-state index contributed by atoms with van der Waals surface area (Å²) in [5, 5.41) is 10.0. The molecule has 144 valence electrons. The van der Waals surface area contributed by atoms with E-state index in [1.807, 2.05) is 24.3 Å². The Morgan fingerprint density at radius 1 is 0.828 bits per heavy atom. The number of aromatic nitrogens is 2. The van der Waals surface area contributed by atoms with Gasteiger partial charge in [0.15, 0.2) is 0 Å². The number of benzene rings is 3. The Kier molecular flexibility index (Phi) is 5.22. The summed E-state index contributed by atoms with van der Waals surface area (Å²) < 4.78 is 26.5. The van der Waals surface area contributed by atoms with Crippen molar-refractivity contribution in [1.82, 2.24) is 10.2 Å². The molecule has 2 N–H and O–H groups in total. The Morgan fingerprint density at radius 2 is 1.41 bits per heavy atom. The molecule has 4 rings (SSSR count). The normalized spacial score (nSPS) is 12.1. The molecule has 0 bridgehead atoms. The lowest BCUT2D eigenvalue weighted by Gasteiger charge is -2.15. The molecule has 1 amide bonds. The smallest absolute Gasteiger partial charge is 0.235 e. The van der Waals surface area contributed by atoms with Crippen LogP contribution in [0.2, 0.25) is 0 Å². The van der Waals surface area contributed by atoms with E-state index < -0.39 is 17.0 Å². The number of rotatable bonds is 5. The van der Waals surface area contributed by atoms with Gasteiger partial charge in [-0.15, -0.1) is 10.2 Å². The summed E-state index contributed by atoms with van der Waals surface area (Å²) in [5.41, 5.74) is 7.52. The number of nitrogens with zero attached hydrogens (tertiary/aromatic N) is 2. The van der Waals surface area contributed by atoms with Crippen molar-refractivity contribution >= 4 is 28.4 Å². The number of hydrogen-bond donors (Lipinski definition) is 1. The predicted molar refractivity (Wildman–Crippen MR) is 109 cm³/mol. The minimum Gasteiger partial charge on any atom is -0.368 e. The number of thioether (sulfide) groups is 1. The average molecular weight is 407 g/mol. The Morgan fingerprint density at radius 3 is 2.03 bits per heavy atom. The first-order valence-electron chi connectivity index (χ1n) is 8.76. The zero-order valence-electron chi connectivity index (χ0n) is 15.0. The third-order valence-electron chi connectivity index (χ3n) is 4.43. The average Bonchev–Trinajstić information content (AvgIpc) is 2.73. The summed E-state index contributed by atoms with van der Waals surface area (Å²) in [5.74, 6) is -1.28. The summed E-state index contributed by atoms with van der Waals surface area (Å²) in [6.07, 6.45) is 0. The Bertz CT molecular complexity index is 1180. The standard InChI is InChI=1S/C22H15F2N3OS/c23-15-9-5-13(6-10-15)19-17-3-1-2-4-18(17)22(27-26-19)29-20(21(25)28)14-7-11-16(24)12-8-14/h1-12,20H,(H2,25,28). The summed E-state index contributed by atoms with van der Waals surface area (Å²) in [7, 11) is 0. The number of fused-ring (bicyclic) bond motifs is 1. The number of primary amides is 1. The van der Waals surface area contributed by atoms with Gasteiger partial charge in [0, 0.05) is 16.3 Å². The molecule has 0 aliphatic rings. The third kappa shape index (κ3) is 3.95. The second-order valence-corrected chi connectivity index (χ2v) is 7.45. The van der Waals surface area contributed by atoms with Crippen LogP contribution < -0.4 is 5.73 Å². The summed E-state index contributed by atoms with van der Waals surface area (Å²) in [6, 6.07) is 19.1. The first-order chi connectivity index (χ1) is 14.0. The molecule has 29 heavy (non-hydrogen) atoms. The van der Waals surface area contributed by atoms with E-state index in [-0.39, 0.29) is 5.82 Å². The van der Waals surface area contributed by atoms with Gasteiger partial charge in [-0.2, -0.15) is 0 Å². The fraction of sp³-hybridized carbons (Fsp3) is 0.0455. The van der Waals surface area contributed by atoms with Crippen LogP contribution in [0.25, 0.3) is 22.0 Å². The number of nitrogens with two attached hydrogens (primary N) is 1. The fourth-order valence-corrected chi connectivity index (χ4v) is 4.05. The molecular formula is C22H15F2N3OS. The van der Waals surface area contributed by atoms with Crippen molar-refractivity contribution in [3.05, 3.63) is 90.0 Å². The van der Waals surface area contributed by atoms with Gasteiger partial charge in [-0.3, -0.25) is 4.79 Å². The molecule has 7 heteroatoms. The highest BCUT2D eigenvalue weighted by Crippen LogP contribution is 2.39. The second-order valence-electron chi connectivity index (χ2n) is 6.36. The maximum Gasteiger partial charge on any atom is 0.235 e. The maximum atomic E-state index is 13.3. The number of carbonyl (C=O) groups is 1. The lowest BCUT2D eigenvalue weighted by molar-refractivity contribution is -0.117. The van der Waals surface area contributed by atoms with Crippen LogP contribution in [0.4, 0.5) is 8.78 Å². The van der Waals surface area contributed by atoms with E-state index in [0.29, 0.717) is 16.3 Å². The molecule has 1 aromatic heterocycles. The SMILES string of the molecule is NC(=O)C(Sc1nnc(-c2ccc(F)cc2)c2ccccc12)c1ccc(F)cc1. The van der Waals surface area contributed by atoms with Gasteiger partial charge in [0.1, 0.15) is 27.6 Å². The van der Waals surface area contributed by atoms with Crippen LogP contribution in [0.3, 0.4) is 0 Å². The molecule has 0 radical (unpaired) electrons. The van der Waals surface area contributed by atoms with Gasteiger partial charge in [0.25, 0.3) is 0 Å². The molecule has 1 unspecified atom stereocenters. The van der Waals surface area contributed by atoms with Gasteiger partial charge >= 0.3 is 0 Å². The minimum atomic E-state index is -0.745. The Balaban J connectivity index is 1.78. The molecule has 0 aliphatic carbocycles. The zero-order valence-corrected chi connectivity index (χ0v) is 15.9. The van der Waals surface area contributed by atoms with E-state index in [1.165, 1.54) is 36.4 Å². The van der Waals surface area contributed by atoms with Crippen molar-refractivity contribution in [2.24, 2.45) is 5.73 Å². The highest BCUT2D eigenvalue weighted by atomic mass is 32.2. The monoisotopic (exact) mass is 407 g/mol. The molecule has 1 atom stereocenters. The van der Waals surface area contributed by atoms with Crippen LogP contribution in [-0.4, -0.2) is 16.1 Å². The molecule has 0 aliphatic heterocycles. The van der Waals surface area contributed by atoms with Gasteiger partial charge in [-0.1, -0.05) is 48.2 Å². The van der Waals surface area contributed by atoms with Crippen LogP contribution in [-0.2, 0) is 4.79 Å². The van der Waals surface area contributed by atoms with Crippen molar-refractivity contribution in [2.75, 3.05) is 0 Å². The van der Waals surface area contributed by atoms with Gasteiger partial charge < -0.3 is 5.73 Å². The number of hydrogen-bond acceptors (Lipinski definition) is 4. The Labute approximate surface area is 169 Å². The topological polar surface area (TPSA) is 68.9 Å². The largest absolute Gasteiger partial charge is 0.368 e. The van der Waals surface area contributed by atoms with Gasteiger partial charge in [-0.05, 0) is 42.0 Å². The highest BCUT2D eigenvalue weighted by Gasteiger charge is 2.22. The highest BCUT2D eigenvalue weighted by molar-refractivity contribution is 8.00. The van der Waals surface area contributed by atoms with Crippen LogP contribution in [0.1, 0.15) is 10.8 Å². The van der Waals surface area contributed by atoms with E-state index in [4.69, 9.17) is 5.73 Å². The van der Waals surface area contributed by atoms with E-state index in [9.17, 15) is 13.6 Å². The van der Waals surface area contributed by atoms with Crippen LogP contribution >= 0.6 is 11.8 Å². The van der Waals surface area contributed by atoms with Crippen molar-refractivity contribution in [3.8, 4) is 11.3 Å². The number of amides is 1. The van der Waals surface area contributed by atoms with Crippen molar-refractivity contribution in [3.63, 3.8) is 0 Å². The molecule has 0 saturated carbocycles. The first-order valence-corrected chi connectivity index (χ1v) is 9.63. The number of carbonyl (C=O) groups excluding carboxylic acids is 1. The van der Waals surface area contributed by atoms with E-state index in [2.05, 4.69) is 10.2 Å². The van der Waals surface area contributed by atoms with Crippen LogP contribution in [0, 0.1) is 11.6 Å². The molecule has 0 fully saturated rings. The summed E-state index contributed by atoms with van der Waals surface area (Å²) in [6.45, 7) is 0. The van der Waals surface area contributed by atoms with Gasteiger partial charge in [0.05, 0.1) is 0 Å². The van der Waals surface area contributed by atoms with Crippen LogP contribution in [0.15, 0.2) is 77.8 Å². The van der Waals surface area contributed by atoms with E-state index in [0.717, 1.165) is 28.1 Å². The molecule has 0 saturated heterocycles. The molecule has 4 aromatic rings. The lowest BCUT2D eigenvalue weighted by atomic mass is 10.1. The summed E-state index contributed by atoms with van der Waals surface area (Å²) >= 11 is 1.16. The van der Waals surface area contributed by atoms with Crippen molar-refractivity contribution < 1.29 is 13.6 Å². The fourth-order valence-electron chi connectivity index (χ4n) is 3.03. The third-order valence-corrected chi connectivity index (χ3v) is 5.70. The Hall–Kier alpha value is -3.32. The number of halogens is 2. The second kappa shape index (κ2) is 7.97. The maximum absolute atomic E-state index is 13.3. The molecule has 4 nitrogen and oxygen atoms in total. The molecule has 3 aromatic carbocycles. The quantitative estimate of drug-likeness (QED) is 0.478. The molecular weight excluding hydrogens is 392 g/mol. The van der Waals surface area contributed by atoms with E-state index >= 15 is 0 Å². The first kappa shape index (κ1) is 19.0. The predicted octanol–water partition coefficient (Wildman–Crippen LogP) is 4.89.